The Kier molecular flexibility index (Phi) is 4.54. The summed E-state index contributed by atoms with van der Waals surface area (Å²) in [6, 6.07) is 18.4. The van der Waals surface area contributed by atoms with Gasteiger partial charge >= 0.3 is 0 Å². The van der Waals surface area contributed by atoms with Gasteiger partial charge in [-0.15, -0.1) is 0 Å². The van der Waals surface area contributed by atoms with Gasteiger partial charge in [0.1, 0.15) is 28.1 Å². The SMILES string of the molecule is N#CC(C(N)=S)=C(N)c1ccc(Oc2ccccc2)cc1. The first-order chi connectivity index (χ1) is 10.1. The quantitative estimate of drug-likeness (QED) is 0.514. The summed E-state index contributed by atoms with van der Waals surface area (Å²) >= 11 is 4.80. The number of hydrogen-bond acceptors (Lipinski definition) is 4. The van der Waals surface area contributed by atoms with Gasteiger partial charge in [0.25, 0.3) is 0 Å². The standard InChI is InChI=1S/C16H13N3OS/c17-10-14(16(19)21)15(18)11-6-8-13(9-7-11)20-12-4-2-1-3-5-12/h1-9H,18H2,(H2,19,21). The van der Waals surface area contributed by atoms with Crippen LogP contribution in [0.5, 0.6) is 11.5 Å². The Balaban J connectivity index is 2.24. The molecule has 0 unspecified atom stereocenters. The van der Waals surface area contributed by atoms with Crippen molar-refractivity contribution in [1.29, 1.82) is 5.26 Å². The lowest BCUT2D eigenvalue weighted by Crippen LogP contribution is -2.15. The first-order valence-corrected chi connectivity index (χ1v) is 6.55. The fourth-order valence-electron chi connectivity index (χ4n) is 1.72. The Bertz CT molecular complexity index is 715. The predicted octanol–water partition coefficient (Wildman–Crippen LogP) is 2.96. The average Bonchev–Trinajstić information content (AvgIpc) is 2.49. The Morgan fingerprint density at radius 3 is 2.05 bits per heavy atom. The van der Waals surface area contributed by atoms with Crippen molar-refractivity contribution >= 4 is 22.9 Å². The number of hydrogen-bond donors (Lipinski definition) is 2. The van der Waals surface area contributed by atoms with Crippen LogP contribution in [0.2, 0.25) is 0 Å². The highest BCUT2D eigenvalue weighted by Crippen LogP contribution is 2.23. The molecule has 0 aliphatic rings. The van der Waals surface area contributed by atoms with Gasteiger partial charge in [-0.1, -0.05) is 30.4 Å². The van der Waals surface area contributed by atoms with Crippen molar-refractivity contribution in [2.75, 3.05) is 0 Å². The fraction of sp³-hybridized carbons (Fsp3) is 0. The average molecular weight is 295 g/mol. The normalized spacial score (nSPS) is 11.2. The van der Waals surface area contributed by atoms with Crippen LogP contribution in [0.15, 0.2) is 60.2 Å². The summed E-state index contributed by atoms with van der Waals surface area (Å²) < 4.78 is 5.67. The molecule has 5 heteroatoms. The van der Waals surface area contributed by atoms with Crippen molar-refractivity contribution in [3.8, 4) is 17.6 Å². The van der Waals surface area contributed by atoms with E-state index in [4.69, 9.17) is 33.7 Å². The molecule has 0 aliphatic heterocycles. The topological polar surface area (TPSA) is 85.1 Å². The van der Waals surface area contributed by atoms with E-state index in [9.17, 15) is 0 Å². The van der Waals surface area contributed by atoms with E-state index in [1.54, 1.807) is 24.3 Å². The molecule has 0 spiro atoms. The third-order valence-electron chi connectivity index (χ3n) is 2.77. The number of para-hydroxylation sites is 1. The van der Waals surface area contributed by atoms with Gasteiger partial charge in [-0.25, -0.2) is 0 Å². The summed E-state index contributed by atoms with van der Waals surface area (Å²) in [6.07, 6.45) is 0. The zero-order valence-corrected chi connectivity index (χ0v) is 11.9. The molecule has 21 heavy (non-hydrogen) atoms. The van der Waals surface area contributed by atoms with Crippen molar-refractivity contribution in [1.82, 2.24) is 0 Å². The highest BCUT2D eigenvalue weighted by Gasteiger charge is 2.08. The van der Waals surface area contributed by atoms with Crippen molar-refractivity contribution in [2.45, 2.75) is 0 Å². The van der Waals surface area contributed by atoms with E-state index in [0.29, 0.717) is 11.3 Å². The molecule has 2 aromatic rings. The zero-order valence-electron chi connectivity index (χ0n) is 11.1. The lowest BCUT2D eigenvalue weighted by molar-refractivity contribution is 0.482. The molecule has 0 aromatic heterocycles. The number of nitrogens with two attached hydrogens (primary N) is 2. The Hall–Kier alpha value is -2.84. The minimum absolute atomic E-state index is 0.0142. The van der Waals surface area contributed by atoms with Gasteiger partial charge in [0.15, 0.2) is 0 Å². The maximum atomic E-state index is 9.00. The number of benzene rings is 2. The highest BCUT2D eigenvalue weighted by molar-refractivity contribution is 7.80. The van der Waals surface area contributed by atoms with Crippen LogP contribution < -0.4 is 16.2 Å². The maximum absolute atomic E-state index is 9.00. The van der Waals surface area contributed by atoms with Crippen molar-refractivity contribution < 1.29 is 4.74 Å². The van der Waals surface area contributed by atoms with E-state index in [1.165, 1.54) is 0 Å². The monoisotopic (exact) mass is 295 g/mol. The van der Waals surface area contributed by atoms with Crippen LogP contribution in [0.1, 0.15) is 5.56 Å². The maximum Gasteiger partial charge on any atom is 0.127 e. The Labute approximate surface area is 128 Å². The molecule has 0 atom stereocenters. The van der Waals surface area contributed by atoms with Gasteiger partial charge in [-0.05, 0) is 42.0 Å². The molecule has 4 nitrogen and oxygen atoms in total. The lowest BCUT2D eigenvalue weighted by Gasteiger charge is -2.08. The molecule has 4 N–H and O–H groups in total. The zero-order chi connectivity index (χ0) is 15.2. The van der Waals surface area contributed by atoms with Crippen LogP contribution in [-0.2, 0) is 0 Å². The number of thiocarbonyl (C=S) groups is 1. The second-order valence-electron chi connectivity index (χ2n) is 4.20. The molecule has 0 radical (unpaired) electrons. The van der Waals surface area contributed by atoms with Gasteiger partial charge in [0.2, 0.25) is 0 Å². The van der Waals surface area contributed by atoms with E-state index in [2.05, 4.69) is 0 Å². The number of rotatable bonds is 4. The summed E-state index contributed by atoms with van der Waals surface area (Å²) in [6.45, 7) is 0. The van der Waals surface area contributed by atoms with E-state index in [0.717, 1.165) is 5.75 Å². The van der Waals surface area contributed by atoms with Crippen molar-refractivity contribution in [3.63, 3.8) is 0 Å². The minimum atomic E-state index is -0.0142. The van der Waals surface area contributed by atoms with Gasteiger partial charge in [0.05, 0.1) is 5.70 Å². The lowest BCUT2D eigenvalue weighted by atomic mass is 10.1. The van der Waals surface area contributed by atoms with Crippen LogP contribution in [0.4, 0.5) is 0 Å². The van der Waals surface area contributed by atoms with Crippen molar-refractivity contribution in [3.05, 3.63) is 65.7 Å². The van der Waals surface area contributed by atoms with Crippen LogP contribution in [-0.4, -0.2) is 4.99 Å². The Morgan fingerprint density at radius 2 is 1.52 bits per heavy atom. The number of ether oxygens (including phenoxy) is 1. The molecule has 104 valence electrons. The molecule has 2 rings (SSSR count). The van der Waals surface area contributed by atoms with Crippen LogP contribution in [0, 0.1) is 11.3 Å². The molecule has 0 saturated heterocycles. The molecule has 2 aromatic carbocycles. The minimum Gasteiger partial charge on any atom is -0.457 e. The number of nitriles is 1. The van der Waals surface area contributed by atoms with E-state index in [1.807, 2.05) is 36.4 Å². The van der Waals surface area contributed by atoms with E-state index in [-0.39, 0.29) is 16.3 Å². The van der Waals surface area contributed by atoms with Gasteiger partial charge in [-0.3, -0.25) is 0 Å². The molecule has 0 bridgehead atoms. The number of nitrogens with zero attached hydrogens (tertiary/aromatic N) is 1. The second kappa shape index (κ2) is 6.55. The fourth-order valence-corrected chi connectivity index (χ4v) is 1.88. The second-order valence-corrected chi connectivity index (χ2v) is 4.64. The summed E-state index contributed by atoms with van der Waals surface area (Å²) in [5.41, 5.74) is 12.4. The predicted molar refractivity (Wildman–Crippen MR) is 86.5 cm³/mol. The third kappa shape index (κ3) is 3.59. The third-order valence-corrected chi connectivity index (χ3v) is 2.98. The molecule has 0 aliphatic carbocycles. The van der Waals surface area contributed by atoms with Crippen LogP contribution in [0.3, 0.4) is 0 Å². The first kappa shape index (κ1) is 14.6. The van der Waals surface area contributed by atoms with Crippen molar-refractivity contribution in [2.24, 2.45) is 11.5 Å². The van der Waals surface area contributed by atoms with Gasteiger partial charge in [0, 0.05) is 0 Å². The molecule has 0 amide bonds. The molecular weight excluding hydrogens is 282 g/mol. The summed E-state index contributed by atoms with van der Waals surface area (Å²) in [7, 11) is 0. The highest BCUT2D eigenvalue weighted by atomic mass is 32.1. The summed E-state index contributed by atoms with van der Waals surface area (Å²) in [5.74, 6) is 1.42. The summed E-state index contributed by atoms with van der Waals surface area (Å²) in [5, 5.41) is 9.00. The van der Waals surface area contributed by atoms with Crippen LogP contribution in [0.25, 0.3) is 5.70 Å². The molecule has 0 fully saturated rings. The smallest absolute Gasteiger partial charge is 0.127 e. The van der Waals surface area contributed by atoms with E-state index >= 15 is 0 Å². The first-order valence-electron chi connectivity index (χ1n) is 6.15. The molecule has 0 heterocycles. The summed E-state index contributed by atoms with van der Waals surface area (Å²) in [4.78, 5) is -0.0142. The van der Waals surface area contributed by atoms with Gasteiger partial charge in [-0.2, -0.15) is 5.26 Å². The van der Waals surface area contributed by atoms with E-state index < -0.39 is 0 Å². The Morgan fingerprint density at radius 1 is 0.952 bits per heavy atom. The van der Waals surface area contributed by atoms with Gasteiger partial charge < -0.3 is 16.2 Å². The largest absolute Gasteiger partial charge is 0.457 e. The molecular formula is C16H13N3OS. The van der Waals surface area contributed by atoms with Crippen LogP contribution >= 0.6 is 12.2 Å². The molecule has 0 saturated carbocycles.